The minimum absolute atomic E-state index is 0.205. The summed E-state index contributed by atoms with van der Waals surface area (Å²) in [4.78, 5) is 0. The largest absolute Gasteiger partial charge is 0.467 e. The summed E-state index contributed by atoms with van der Waals surface area (Å²) in [5, 5.41) is 13.3. The van der Waals surface area contributed by atoms with E-state index in [0.29, 0.717) is 25.6 Å². The molecular weight excluding hydrogens is 679 g/mol. The van der Waals surface area contributed by atoms with E-state index in [1.807, 2.05) is 164 Å². The van der Waals surface area contributed by atoms with Crippen LogP contribution in [0.25, 0.3) is 0 Å². The van der Waals surface area contributed by atoms with Crippen molar-refractivity contribution in [1.29, 1.82) is 0 Å². The fourth-order valence-electron chi connectivity index (χ4n) is 6.89. The molecule has 0 spiro atoms. The van der Waals surface area contributed by atoms with Gasteiger partial charge in [0.1, 0.15) is 42.3 Å². The van der Waals surface area contributed by atoms with Crippen LogP contribution in [-0.2, 0) is 56.7 Å². The second-order valence-corrected chi connectivity index (χ2v) is 13.5. The third-order valence-electron chi connectivity index (χ3n) is 9.57. The van der Waals surface area contributed by atoms with E-state index in [1.165, 1.54) is 5.06 Å². The molecule has 1 fully saturated rings. The average molecular weight is 726 g/mol. The number of hydrogen-bond donors (Lipinski definition) is 1. The summed E-state index contributed by atoms with van der Waals surface area (Å²) in [6, 6.07) is 52.9. The SMILES string of the molecule is ON(Cc1ccccc1)[C@@H](c1ccco1)[C@@H]1O[C@H](COCc2ccccc2)[C@H](OCc2ccccc2)[C@H](OCc2ccccc2)[C@H]1OCc1ccccc1. The van der Waals surface area contributed by atoms with E-state index >= 15 is 0 Å². The Morgan fingerprint density at radius 3 is 1.43 bits per heavy atom. The van der Waals surface area contributed by atoms with E-state index in [0.717, 1.165) is 27.8 Å². The lowest BCUT2D eigenvalue weighted by Gasteiger charge is -2.49. The molecule has 7 rings (SSSR count). The van der Waals surface area contributed by atoms with Crippen molar-refractivity contribution in [3.05, 3.63) is 204 Å². The van der Waals surface area contributed by atoms with E-state index in [9.17, 15) is 5.21 Å². The molecule has 5 aromatic carbocycles. The summed E-state index contributed by atoms with van der Waals surface area (Å²) >= 11 is 0. The van der Waals surface area contributed by atoms with Gasteiger partial charge in [0.25, 0.3) is 0 Å². The van der Waals surface area contributed by atoms with Gasteiger partial charge in [0.05, 0.1) is 39.3 Å². The average Bonchev–Trinajstić information content (AvgIpc) is 3.76. The highest BCUT2D eigenvalue weighted by atomic mass is 16.6. The summed E-state index contributed by atoms with van der Waals surface area (Å²) in [7, 11) is 0. The predicted octanol–water partition coefficient (Wildman–Crippen LogP) is 8.95. The number of rotatable bonds is 18. The van der Waals surface area contributed by atoms with Gasteiger partial charge in [-0.05, 0) is 39.9 Å². The Kier molecular flexibility index (Phi) is 13.5. The highest BCUT2D eigenvalue weighted by molar-refractivity contribution is 5.19. The normalized spacial score (nSPS) is 20.5. The topological polar surface area (TPSA) is 82.8 Å². The van der Waals surface area contributed by atoms with Crippen LogP contribution in [0.2, 0.25) is 0 Å². The van der Waals surface area contributed by atoms with Crippen molar-refractivity contribution >= 4 is 0 Å². The lowest BCUT2D eigenvalue weighted by atomic mass is 9.89. The molecule has 0 aliphatic carbocycles. The predicted molar refractivity (Wildman–Crippen MR) is 205 cm³/mol. The van der Waals surface area contributed by atoms with Crippen LogP contribution in [0.1, 0.15) is 39.6 Å². The quantitative estimate of drug-likeness (QED) is 0.0880. The molecule has 1 aromatic heterocycles. The van der Waals surface area contributed by atoms with E-state index in [2.05, 4.69) is 0 Å². The summed E-state index contributed by atoms with van der Waals surface area (Å²) in [5.74, 6) is 0.529. The molecule has 6 atom stereocenters. The van der Waals surface area contributed by atoms with Gasteiger partial charge in [0.2, 0.25) is 0 Å². The molecule has 1 saturated heterocycles. The van der Waals surface area contributed by atoms with Gasteiger partial charge in [0, 0.05) is 6.54 Å². The third-order valence-corrected chi connectivity index (χ3v) is 9.57. The molecule has 8 heteroatoms. The first-order valence-electron chi connectivity index (χ1n) is 18.5. The summed E-state index contributed by atoms with van der Waals surface area (Å²) < 4.78 is 40.3. The zero-order chi connectivity index (χ0) is 36.8. The van der Waals surface area contributed by atoms with Crippen molar-refractivity contribution in [2.45, 2.75) is 69.5 Å². The fraction of sp³-hybridized carbons (Fsp3) is 0.261. The molecule has 278 valence electrons. The number of hydrogen-bond acceptors (Lipinski definition) is 8. The maximum absolute atomic E-state index is 12.0. The van der Waals surface area contributed by atoms with E-state index in [4.69, 9.17) is 28.1 Å². The van der Waals surface area contributed by atoms with Crippen molar-refractivity contribution in [2.24, 2.45) is 0 Å². The Labute approximate surface area is 317 Å². The summed E-state index contributed by atoms with van der Waals surface area (Å²) in [6.45, 7) is 1.73. The molecule has 0 radical (unpaired) electrons. The standard InChI is InChI=1S/C46H47NO7/c48-47(29-35-17-6-1-7-18-35)42(40-27-16-28-50-40)44-46(53-33-39-25-14-5-15-26-39)45(52-32-38-23-12-4-13-24-38)43(51-31-37-21-10-3-11-22-37)41(54-44)34-49-30-36-19-8-2-9-20-36/h1-28,41-46,48H,29-34H2/t41-,42+,43+,44+,45+,46+/m1/s1. The lowest BCUT2D eigenvalue weighted by molar-refractivity contribution is -0.300. The van der Waals surface area contributed by atoms with Gasteiger partial charge in [-0.15, -0.1) is 0 Å². The molecule has 0 unspecified atom stereocenters. The number of ether oxygens (including phenoxy) is 5. The van der Waals surface area contributed by atoms with Gasteiger partial charge in [-0.25, -0.2) is 0 Å². The molecule has 0 bridgehead atoms. The first kappa shape index (κ1) is 37.4. The number of furan rings is 1. The van der Waals surface area contributed by atoms with Crippen LogP contribution in [0.5, 0.6) is 0 Å². The molecule has 6 aromatic rings. The van der Waals surface area contributed by atoms with E-state index < -0.39 is 36.6 Å². The van der Waals surface area contributed by atoms with Crippen LogP contribution in [0.15, 0.2) is 174 Å². The van der Waals surface area contributed by atoms with Crippen LogP contribution in [0.4, 0.5) is 0 Å². The van der Waals surface area contributed by atoms with Gasteiger partial charge in [0.15, 0.2) is 0 Å². The molecule has 54 heavy (non-hydrogen) atoms. The lowest BCUT2D eigenvalue weighted by Crippen LogP contribution is -2.63. The van der Waals surface area contributed by atoms with Crippen molar-refractivity contribution in [3.8, 4) is 0 Å². The molecule has 1 aliphatic heterocycles. The second kappa shape index (κ2) is 19.4. The Balaban J connectivity index is 1.28. The summed E-state index contributed by atoms with van der Waals surface area (Å²) in [6.07, 6.45) is -1.76. The van der Waals surface area contributed by atoms with Gasteiger partial charge >= 0.3 is 0 Å². The Hall–Kier alpha value is -4.90. The zero-order valence-corrected chi connectivity index (χ0v) is 30.2. The van der Waals surface area contributed by atoms with Crippen molar-refractivity contribution in [1.82, 2.24) is 5.06 Å². The minimum atomic E-state index is -0.782. The number of nitrogens with zero attached hydrogens (tertiary/aromatic N) is 1. The van der Waals surface area contributed by atoms with E-state index in [1.54, 1.807) is 6.26 Å². The summed E-state index contributed by atoms with van der Waals surface area (Å²) in [5.41, 5.74) is 5.00. The van der Waals surface area contributed by atoms with E-state index in [-0.39, 0.29) is 19.8 Å². The van der Waals surface area contributed by atoms with Crippen LogP contribution in [0, 0.1) is 0 Å². The highest BCUT2D eigenvalue weighted by Gasteiger charge is 2.53. The Morgan fingerprint density at radius 2 is 0.944 bits per heavy atom. The zero-order valence-electron chi connectivity index (χ0n) is 30.2. The van der Waals surface area contributed by atoms with Gasteiger partial charge in [-0.2, -0.15) is 5.06 Å². The van der Waals surface area contributed by atoms with Crippen molar-refractivity contribution < 1.29 is 33.3 Å². The molecule has 1 N–H and O–H groups in total. The minimum Gasteiger partial charge on any atom is -0.467 e. The monoisotopic (exact) mass is 725 g/mol. The molecular formula is C46H47NO7. The second-order valence-electron chi connectivity index (χ2n) is 13.5. The maximum atomic E-state index is 12.0. The first-order valence-corrected chi connectivity index (χ1v) is 18.5. The third kappa shape index (κ3) is 10.2. The Morgan fingerprint density at radius 1 is 0.500 bits per heavy atom. The fourth-order valence-corrected chi connectivity index (χ4v) is 6.89. The molecule has 0 saturated carbocycles. The molecule has 2 heterocycles. The van der Waals surface area contributed by atoms with Crippen molar-refractivity contribution in [3.63, 3.8) is 0 Å². The van der Waals surface area contributed by atoms with Gasteiger partial charge in [-0.3, -0.25) is 0 Å². The van der Waals surface area contributed by atoms with Gasteiger partial charge in [-0.1, -0.05) is 152 Å². The number of hydroxylamine groups is 2. The molecule has 0 amide bonds. The number of benzene rings is 5. The smallest absolute Gasteiger partial charge is 0.126 e. The van der Waals surface area contributed by atoms with Crippen LogP contribution in [0.3, 0.4) is 0 Å². The van der Waals surface area contributed by atoms with Crippen molar-refractivity contribution in [2.75, 3.05) is 6.61 Å². The van der Waals surface area contributed by atoms with Crippen LogP contribution in [-0.4, -0.2) is 47.4 Å². The molecule has 8 nitrogen and oxygen atoms in total. The highest BCUT2D eigenvalue weighted by Crippen LogP contribution is 2.39. The van der Waals surface area contributed by atoms with Crippen LogP contribution < -0.4 is 0 Å². The Bertz CT molecular complexity index is 1900. The van der Waals surface area contributed by atoms with Gasteiger partial charge < -0.3 is 33.3 Å². The first-order chi connectivity index (χ1) is 26.7. The maximum Gasteiger partial charge on any atom is 0.126 e. The molecule has 1 aliphatic rings. The van der Waals surface area contributed by atoms with Crippen LogP contribution >= 0.6 is 0 Å².